The van der Waals surface area contributed by atoms with E-state index >= 15 is 0 Å². The predicted octanol–water partition coefficient (Wildman–Crippen LogP) is 5.04. The Morgan fingerprint density at radius 2 is 1.30 bits per heavy atom. The quantitative estimate of drug-likeness (QED) is 0.526. The van der Waals surface area contributed by atoms with Crippen molar-refractivity contribution in [2.24, 2.45) is 0 Å². The summed E-state index contributed by atoms with van der Waals surface area (Å²) in [7, 11) is 0. The van der Waals surface area contributed by atoms with Crippen LogP contribution in [0, 0.1) is 0 Å². The van der Waals surface area contributed by atoms with Gasteiger partial charge in [0.25, 0.3) is 0 Å². The van der Waals surface area contributed by atoms with Gasteiger partial charge in [0.2, 0.25) is 5.38 Å². The SMILES string of the molecule is FC(F)(F)C(Cl)C1(C(F)(F)F)Oc2cc3ccccc3cc2O1. The van der Waals surface area contributed by atoms with E-state index in [4.69, 9.17) is 11.6 Å². The lowest BCUT2D eigenvalue weighted by atomic mass is 10.1. The van der Waals surface area contributed by atoms with E-state index in [0.29, 0.717) is 10.8 Å². The van der Waals surface area contributed by atoms with E-state index in [2.05, 4.69) is 9.47 Å². The second-order valence-electron chi connectivity index (χ2n) is 4.92. The molecule has 1 unspecified atom stereocenters. The number of ether oxygens (including phenoxy) is 2. The number of hydrogen-bond donors (Lipinski definition) is 0. The molecule has 23 heavy (non-hydrogen) atoms. The zero-order valence-electron chi connectivity index (χ0n) is 11.0. The molecule has 0 N–H and O–H groups in total. The maximum Gasteiger partial charge on any atom is 0.470 e. The summed E-state index contributed by atoms with van der Waals surface area (Å²) < 4.78 is 87.3. The second kappa shape index (κ2) is 4.83. The fourth-order valence-electron chi connectivity index (χ4n) is 2.28. The minimum atomic E-state index is -5.50. The maximum absolute atomic E-state index is 13.3. The van der Waals surface area contributed by atoms with Crippen molar-refractivity contribution in [3.63, 3.8) is 0 Å². The summed E-state index contributed by atoms with van der Waals surface area (Å²) in [6, 6.07) is 8.77. The first-order valence-corrected chi connectivity index (χ1v) is 6.66. The van der Waals surface area contributed by atoms with Crippen molar-refractivity contribution in [2.75, 3.05) is 0 Å². The summed E-state index contributed by atoms with van der Waals surface area (Å²) in [4.78, 5) is 0. The van der Waals surface area contributed by atoms with Crippen LogP contribution in [0.5, 0.6) is 11.5 Å². The summed E-state index contributed by atoms with van der Waals surface area (Å²) in [6.07, 6.45) is -10.9. The van der Waals surface area contributed by atoms with Crippen LogP contribution in [0.1, 0.15) is 0 Å². The molecule has 0 radical (unpaired) electrons. The van der Waals surface area contributed by atoms with Gasteiger partial charge in [-0.2, -0.15) is 26.3 Å². The Bertz CT molecular complexity index is 710. The Labute approximate surface area is 130 Å². The van der Waals surface area contributed by atoms with Crippen molar-refractivity contribution in [1.29, 1.82) is 0 Å². The number of halogens is 7. The van der Waals surface area contributed by atoms with Gasteiger partial charge in [-0.3, -0.25) is 0 Å². The van der Waals surface area contributed by atoms with E-state index in [-0.39, 0.29) is 0 Å². The summed E-state index contributed by atoms with van der Waals surface area (Å²) >= 11 is 5.03. The van der Waals surface area contributed by atoms with E-state index in [1.54, 1.807) is 24.3 Å². The van der Waals surface area contributed by atoms with Crippen molar-refractivity contribution < 1.29 is 35.8 Å². The molecule has 0 saturated heterocycles. The molecule has 124 valence electrons. The molecule has 0 bridgehead atoms. The van der Waals surface area contributed by atoms with Crippen LogP contribution >= 0.6 is 11.6 Å². The summed E-state index contributed by atoms with van der Waals surface area (Å²) in [5.74, 6) is -4.92. The lowest BCUT2D eigenvalue weighted by Crippen LogP contribution is -2.63. The van der Waals surface area contributed by atoms with Crippen molar-refractivity contribution in [2.45, 2.75) is 23.5 Å². The zero-order chi connectivity index (χ0) is 17.0. The van der Waals surface area contributed by atoms with Crippen LogP contribution in [-0.2, 0) is 0 Å². The number of fused-ring (bicyclic) bond motifs is 2. The monoisotopic (exact) mass is 356 g/mol. The summed E-state index contributed by atoms with van der Waals surface area (Å²) in [6.45, 7) is 0. The predicted molar refractivity (Wildman–Crippen MR) is 69.7 cm³/mol. The van der Waals surface area contributed by atoms with Gasteiger partial charge < -0.3 is 9.47 Å². The first-order valence-electron chi connectivity index (χ1n) is 6.23. The van der Waals surface area contributed by atoms with Gasteiger partial charge in [-0.25, -0.2) is 0 Å². The summed E-state index contributed by atoms with van der Waals surface area (Å²) in [5.41, 5.74) is 0. The van der Waals surface area contributed by atoms with Gasteiger partial charge in [0, 0.05) is 0 Å². The molecule has 1 aliphatic rings. The minimum absolute atomic E-state index is 0.448. The number of benzene rings is 2. The Morgan fingerprint density at radius 3 is 1.65 bits per heavy atom. The van der Waals surface area contributed by atoms with Gasteiger partial charge in [0.1, 0.15) is 0 Å². The van der Waals surface area contributed by atoms with Crippen molar-refractivity contribution in [3.05, 3.63) is 36.4 Å². The Morgan fingerprint density at radius 1 is 0.870 bits per heavy atom. The fourth-order valence-corrected chi connectivity index (χ4v) is 2.50. The highest BCUT2D eigenvalue weighted by Crippen LogP contribution is 2.53. The molecule has 9 heteroatoms. The average Bonchev–Trinajstić information content (AvgIpc) is 2.81. The van der Waals surface area contributed by atoms with Crippen LogP contribution in [0.25, 0.3) is 10.8 Å². The highest BCUT2D eigenvalue weighted by molar-refractivity contribution is 6.22. The number of rotatable bonds is 1. The normalized spacial score (nSPS) is 18.2. The first kappa shape index (κ1) is 16.0. The van der Waals surface area contributed by atoms with Gasteiger partial charge in [0.05, 0.1) is 0 Å². The Balaban J connectivity index is 2.13. The van der Waals surface area contributed by atoms with E-state index in [1.807, 2.05) is 0 Å². The minimum Gasteiger partial charge on any atom is -0.439 e. The molecule has 2 nitrogen and oxygen atoms in total. The van der Waals surface area contributed by atoms with Crippen molar-refractivity contribution in [1.82, 2.24) is 0 Å². The molecule has 2 aromatic carbocycles. The van der Waals surface area contributed by atoms with Crippen LogP contribution < -0.4 is 9.47 Å². The second-order valence-corrected chi connectivity index (χ2v) is 5.36. The average molecular weight is 357 g/mol. The highest BCUT2D eigenvalue weighted by atomic mass is 35.5. The Hall–Kier alpha value is -1.83. The molecule has 1 atom stereocenters. The number of hydrogen-bond acceptors (Lipinski definition) is 2. The molecule has 0 fully saturated rings. The summed E-state index contributed by atoms with van der Waals surface area (Å²) in [5, 5.41) is -2.44. The van der Waals surface area contributed by atoms with Gasteiger partial charge in [-0.15, -0.1) is 11.6 Å². The molecule has 0 aliphatic carbocycles. The van der Waals surface area contributed by atoms with E-state index < -0.39 is 35.0 Å². The van der Waals surface area contributed by atoms with Crippen LogP contribution in [0.4, 0.5) is 26.3 Å². The lowest BCUT2D eigenvalue weighted by molar-refractivity contribution is -0.334. The highest BCUT2D eigenvalue weighted by Gasteiger charge is 2.74. The molecular formula is C14H7ClF6O2. The lowest BCUT2D eigenvalue weighted by Gasteiger charge is -2.33. The molecular weight excluding hydrogens is 350 g/mol. The van der Waals surface area contributed by atoms with E-state index in [1.165, 1.54) is 12.1 Å². The molecule has 0 spiro atoms. The molecule has 0 amide bonds. The molecule has 1 aliphatic heterocycles. The van der Waals surface area contributed by atoms with E-state index in [9.17, 15) is 26.3 Å². The fraction of sp³-hybridized carbons (Fsp3) is 0.286. The number of alkyl halides is 7. The molecule has 1 heterocycles. The Kier molecular flexibility index (Phi) is 3.37. The van der Waals surface area contributed by atoms with Crippen LogP contribution in [0.3, 0.4) is 0 Å². The van der Waals surface area contributed by atoms with Crippen LogP contribution in [0.2, 0.25) is 0 Å². The van der Waals surface area contributed by atoms with Gasteiger partial charge in [-0.1, -0.05) is 24.3 Å². The van der Waals surface area contributed by atoms with Crippen LogP contribution in [-0.4, -0.2) is 23.5 Å². The van der Waals surface area contributed by atoms with Crippen molar-refractivity contribution in [3.8, 4) is 11.5 Å². The smallest absolute Gasteiger partial charge is 0.439 e. The van der Waals surface area contributed by atoms with Gasteiger partial charge >= 0.3 is 18.1 Å². The third-order valence-electron chi connectivity index (χ3n) is 3.35. The molecule has 3 rings (SSSR count). The first-order chi connectivity index (χ1) is 10.5. The molecule has 2 aromatic rings. The maximum atomic E-state index is 13.3. The topological polar surface area (TPSA) is 18.5 Å². The molecule has 0 aromatic heterocycles. The third kappa shape index (κ3) is 2.45. The standard InChI is InChI=1S/C14H7ClF6O2/c15-11(13(16,17)18)12(14(19,20)21)22-9-5-7-3-1-2-4-8(7)6-10(9)23-12/h1-6,11H. The largest absolute Gasteiger partial charge is 0.470 e. The molecule has 0 saturated carbocycles. The third-order valence-corrected chi connectivity index (χ3v) is 3.89. The van der Waals surface area contributed by atoms with Gasteiger partial charge in [0.15, 0.2) is 11.5 Å². The van der Waals surface area contributed by atoms with Crippen LogP contribution in [0.15, 0.2) is 36.4 Å². The van der Waals surface area contributed by atoms with E-state index in [0.717, 1.165) is 0 Å². The van der Waals surface area contributed by atoms with Gasteiger partial charge in [-0.05, 0) is 22.9 Å². The van der Waals surface area contributed by atoms with Crippen molar-refractivity contribution >= 4 is 22.4 Å². The zero-order valence-corrected chi connectivity index (χ0v) is 11.8.